The van der Waals surface area contributed by atoms with Crippen LogP contribution in [0.15, 0.2) is 30.3 Å². The number of ether oxygens (including phenoxy) is 1. The van der Waals surface area contributed by atoms with E-state index in [0.29, 0.717) is 0 Å². The molecular formula is C14H19NO4. The fourth-order valence-corrected chi connectivity index (χ4v) is 1.84. The lowest BCUT2D eigenvalue weighted by Crippen LogP contribution is -2.55. The third-order valence-corrected chi connectivity index (χ3v) is 2.98. The Morgan fingerprint density at radius 2 is 1.89 bits per heavy atom. The van der Waals surface area contributed by atoms with Gasteiger partial charge in [-0.2, -0.15) is 0 Å². The first kappa shape index (κ1) is 15.0. The van der Waals surface area contributed by atoms with Crippen molar-refractivity contribution in [1.29, 1.82) is 0 Å². The number of benzene rings is 1. The number of hydrogen-bond acceptors (Lipinski definition) is 3. The topological polar surface area (TPSA) is 75.6 Å². The van der Waals surface area contributed by atoms with Crippen molar-refractivity contribution in [2.45, 2.75) is 32.2 Å². The fraction of sp³-hybridized carbons (Fsp3) is 0.429. The van der Waals surface area contributed by atoms with Crippen molar-refractivity contribution >= 4 is 12.1 Å². The van der Waals surface area contributed by atoms with Crippen LogP contribution in [0.1, 0.15) is 25.8 Å². The number of hydrogen-bond donors (Lipinski definition) is 2. The van der Waals surface area contributed by atoms with E-state index < -0.39 is 17.6 Å². The number of rotatable bonds is 6. The van der Waals surface area contributed by atoms with Gasteiger partial charge in [-0.1, -0.05) is 37.3 Å². The van der Waals surface area contributed by atoms with Gasteiger partial charge in [-0.25, -0.2) is 9.59 Å². The second-order valence-corrected chi connectivity index (χ2v) is 4.25. The van der Waals surface area contributed by atoms with Crippen molar-refractivity contribution in [1.82, 2.24) is 5.32 Å². The Bertz CT molecular complexity index is 432. The predicted molar refractivity (Wildman–Crippen MR) is 71.0 cm³/mol. The average Bonchev–Trinajstić information content (AvgIpc) is 2.39. The maximum absolute atomic E-state index is 11.5. The molecule has 0 spiro atoms. The first-order valence-corrected chi connectivity index (χ1v) is 6.26. The summed E-state index contributed by atoms with van der Waals surface area (Å²) in [7, 11) is 0. The molecule has 0 aliphatic carbocycles. The largest absolute Gasteiger partial charge is 0.479 e. The number of alkyl carbamates (subject to hydrolysis) is 1. The molecule has 1 aromatic carbocycles. The molecule has 0 aliphatic heterocycles. The van der Waals surface area contributed by atoms with Crippen LogP contribution in [-0.4, -0.2) is 29.3 Å². The Kier molecular flexibility index (Phi) is 5.36. The number of carboxylic acid groups (broad SMARTS) is 1. The summed E-state index contributed by atoms with van der Waals surface area (Å²) < 4.78 is 4.77. The first-order chi connectivity index (χ1) is 9.04. The maximum Gasteiger partial charge on any atom is 0.408 e. The molecule has 1 unspecified atom stereocenters. The normalized spacial score (nSPS) is 13.4. The summed E-state index contributed by atoms with van der Waals surface area (Å²) in [5.41, 5.74) is -0.489. The summed E-state index contributed by atoms with van der Waals surface area (Å²) in [5, 5.41) is 11.9. The molecular weight excluding hydrogens is 246 g/mol. The highest BCUT2D eigenvalue weighted by molar-refractivity contribution is 5.84. The zero-order valence-corrected chi connectivity index (χ0v) is 11.2. The molecule has 0 radical (unpaired) electrons. The minimum atomic E-state index is -1.34. The van der Waals surface area contributed by atoms with Crippen LogP contribution in [0.4, 0.5) is 4.79 Å². The number of carbonyl (C=O) groups is 2. The van der Waals surface area contributed by atoms with Gasteiger partial charge in [0, 0.05) is 6.42 Å². The van der Waals surface area contributed by atoms with Crippen LogP contribution in [0.5, 0.6) is 0 Å². The van der Waals surface area contributed by atoms with Crippen molar-refractivity contribution in [3.63, 3.8) is 0 Å². The number of aliphatic carboxylic acids is 1. The van der Waals surface area contributed by atoms with Gasteiger partial charge in [0.1, 0.15) is 5.54 Å². The molecule has 1 amide bonds. The van der Waals surface area contributed by atoms with Crippen molar-refractivity contribution < 1.29 is 19.4 Å². The lowest BCUT2D eigenvalue weighted by atomic mass is 9.88. The second kappa shape index (κ2) is 6.78. The standard InChI is InChI=1S/C14H19NO4/c1-3-14(12(16)17,15-13(18)19-4-2)10-11-8-6-5-7-9-11/h5-9H,3-4,10H2,1-2H3,(H,15,18)(H,16,17). The minimum absolute atomic E-state index is 0.205. The Morgan fingerprint density at radius 3 is 2.37 bits per heavy atom. The van der Waals surface area contributed by atoms with Crippen LogP contribution < -0.4 is 5.32 Å². The highest BCUT2D eigenvalue weighted by atomic mass is 16.5. The molecule has 5 heteroatoms. The van der Waals surface area contributed by atoms with E-state index in [2.05, 4.69) is 5.32 Å². The van der Waals surface area contributed by atoms with Gasteiger partial charge in [0.05, 0.1) is 6.61 Å². The summed E-state index contributed by atoms with van der Waals surface area (Å²) in [6.45, 7) is 3.60. The maximum atomic E-state index is 11.5. The third kappa shape index (κ3) is 3.98. The van der Waals surface area contributed by atoms with Crippen molar-refractivity contribution in [2.75, 3.05) is 6.61 Å². The second-order valence-electron chi connectivity index (χ2n) is 4.25. The van der Waals surface area contributed by atoms with E-state index in [0.717, 1.165) is 5.56 Å². The van der Waals surface area contributed by atoms with Crippen molar-refractivity contribution in [3.05, 3.63) is 35.9 Å². The molecule has 0 saturated heterocycles. The lowest BCUT2D eigenvalue weighted by Gasteiger charge is -2.29. The van der Waals surface area contributed by atoms with E-state index in [-0.39, 0.29) is 19.4 Å². The van der Waals surface area contributed by atoms with Gasteiger partial charge in [0.2, 0.25) is 0 Å². The Balaban J connectivity index is 2.92. The quantitative estimate of drug-likeness (QED) is 0.826. The van der Waals surface area contributed by atoms with Crippen LogP contribution in [0.25, 0.3) is 0 Å². The zero-order valence-electron chi connectivity index (χ0n) is 11.2. The smallest absolute Gasteiger partial charge is 0.408 e. The molecule has 0 heterocycles. The average molecular weight is 265 g/mol. The number of amides is 1. The highest BCUT2D eigenvalue weighted by Gasteiger charge is 2.39. The van der Waals surface area contributed by atoms with E-state index in [1.807, 2.05) is 30.3 Å². The third-order valence-electron chi connectivity index (χ3n) is 2.98. The lowest BCUT2D eigenvalue weighted by molar-refractivity contribution is -0.144. The molecule has 0 bridgehead atoms. The summed E-state index contributed by atoms with van der Waals surface area (Å²) in [6.07, 6.45) is -0.211. The molecule has 0 saturated carbocycles. The van der Waals surface area contributed by atoms with Gasteiger partial charge in [0.25, 0.3) is 0 Å². The fourth-order valence-electron chi connectivity index (χ4n) is 1.84. The Hall–Kier alpha value is -2.04. The van der Waals surface area contributed by atoms with Gasteiger partial charge in [-0.15, -0.1) is 0 Å². The molecule has 2 N–H and O–H groups in total. The van der Waals surface area contributed by atoms with Crippen LogP contribution in [0, 0.1) is 0 Å². The van der Waals surface area contributed by atoms with E-state index in [9.17, 15) is 14.7 Å². The Morgan fingerprint density at radius 1 is 1.26 bits per heavy atom. The van der Waals surface area contributed by atoms with Crippen LogP contribution >= 0.6 is 0 Å². The molecule has 0 aliphatic rings. The van der Waals surface area contributed by atoms with Gasteiger partial charge in [0.15, 0.2) is 0 Å². The molecule has 19 heavy (non-hydrogen) atoms. The summed E-state index contributed by atoms with van der Waals surface area (Å²) in [4.78, 5) is 23.0. The first-order valence-electron chi connectivity index (χ1n) is 6.26. The minimum Gasteiger partial charge on any atom is -0.479 e. The number of carboxylic acids is 1. The SMILES string of the molecule is CCOC(=O)NC(CC)(Cc1ccccc1)C(=O)O. The molecule has 1 atom stereocenters. The number of nitrogens with one attached hydrogen (secondary N) is 1. The molecule has 0 aromatic heterocycles. The van der Waals surface area contributed by atoms with E-state index in [1.165, 1.54) is 0 Å². The summed E-state index contributed by atoms with van der Waals surface area (Å²) in [5.74, 6) is -1.06. The zero-order chi connectivity index (χ0) is 14.3. The summed E-state index contributed by atoms with van der Waals surface area (Å²) >= 11 is 0. The van der Waals surface area contributed by atoms with Crippen molar-refractivity contribution in [3.8, 4) is 0 Å². The molecule has 1 rings (SSSR count). The Labute approximate surface area is 112 Å². The van der Waals surface area contributed by atoms with Gasteiger partial charge >= 0.3 is 12.1 Å². The van der Waals surface area contributed by atoms with Crippen molar-refractivity contribution in [2.24, 2.45) is 0 Å². The predicted octanol–water partition coefficient (Wildman–Crippen LogP) is 2.21. The molecule has 5 nitrogen and oxygen atoms in total. The van der Waals surface area contributed by atoms with Gasteiger partial charge in [-0.3, -0.25) is 0 Å². The van der Waals surface area contributed by atoms with E-state index in [4.69, 9.17) is 4.74 Å². The summed E-state index contributed by atoms with van der Waals surface area (Å²) in [6, 6.07) is 9.20. The molecule has 1 aromatic rings. The van der Waals surface area contributed by atoms with Gasteiger partial charge in [-0.05, 0) is 18.9 Å². The molecule has 0 fully saturated rings. The number of carbonyl (C=O) groups excluding carboxylic acids is 1. The van der Waals surface area contributed by atoms with Gasteiger partial charge < -0.3 is 15.2 Å². The van der Waals surface area contributed by atoms with E-state index >= 15 is 0 Å². The van der Waals surface area contributed by atoms with Crippen LogP contribution in [0.2, 0.25) is 0 Å². The molecule has 104 valence electrons. The van der Waals surface area contributed by atoms with E-state index in [1.54, 1.807) is 13.8 Å². The van der Waals surface area contributed by atoms with Crippen LogP contribution in [-0.2, 0) is 16.0 Å². The highest BCUT2D eigenvalue weighted by Crippen LogP contribution is 2.18. The monoisotopic (exact) mass is 265 g/mol. The van der Waals surface area contributed by atoms with Crippen LogP contribution in [0.3, 0.4) is 0 Å².